The molecule has 0 spiro atoms. The lowest BCUT2D eigenvalue weighted by Gasteiger charge is -2.12. The van der Waals surface area contributed by atoms with Gasteiger partial charge in [-0.1, -0.05) is 0 Å². The fourth-order valence-electron chi connectivity index (χ4n) is 1.67. The van der Waals surface area contributed by atoms with Crippen LogP contribution < -0.4 is 5.32 Å². The summed E-state index contributed by atoms with van der Waals surface area (Å²) in [5, 5.41) is 26.7. The predicted molar refractivity (Wildman–Crippen MR) is 69.7 cm³/mol. The van der Waals surface area contributed by atoms with Gasteiger partial charge >= 0.3 is 5.69 Å². The molecule has 0 amide bonds. The third-order valence-corrected chi connectivity index (χ3v) is 2.69. The van der Waals surface area contributed by atoms with E-state index in [2.05, 4.69) is 10.4 Å². The molecule has 0 bridgehead atoms. The second-order valence-electron chi connectivity index (χ2n) is 4.34. The molecule has 0 aliphatic heterocycles. The lowest BCUT2D eigenvalue weighted by Crippen LogP contribution is -2.25. The van der Waals surface area contributed by atoms with Crippen LogP contribution in [0.1, 0.15) is 0 Å². The summed E-state index contributed by atoms with van der Waals surface area (Å²) in [5.74, 6) is -1.94. The topological polar surface area (TPSA) is 93.2 Å². The zero-order valence-electron chi connectivity index (χ0n) is 10.7. The average molecular weight is 298 g/mol. The van der Waals surface area contributed by atoms with Crippen LogP contribution in [0.4, 0.5) is 20.2 Å². The zero-order valence-corrected chi connectivity index (χ0v) is 10.7. The minimum atomic E-state index is -0.989. The fraction of sp³-hybridized carbons (Fsp3) is 0.250. The Morgan fingerprint density at radius 2 is 2.19 bits per heavy atom. The van der Waals surface area contributed by atoms with E-state index in [9.17, 15) is 24.0 Å². The van der Waals surface area contributed by atoms with Crippen LogP contribution in [0.5, 0.6) is 0 Å². The highest BCUT2D eigenvalue weighted by molar-refractivity contribution is 5.43. The molecule has 2 rings (SSSR count). The van der Waals surface area contributed by atoms with Crippen molar-refractivity contribution in [1.29, 1.82) is 0 Å². The first-order chi connectivity index (χ1) is 9.95. The Morgan fingerprint density at radius 1 is 1.43 bits per heavy atom. The van der Waals surface area contributed by atoms with E-state index >= 15 is 0 Å². The number of benzene rings is 1. The summed E-state index contributed by atoms with van der Waals surface area (Å²) in [6, 6.07) is 3.28. The molecule has 1 atom stereocenters. The second-order valence-corrected chi connectivity index (χ2v) is 4.34. The van der Waals surface area contributed by atoms with Crippen LogP contribution in [-0.2, 0) is 6.54 Å². The van der Waals surface area contributed by atoms with Gasteiger partial charge in [0.05, 0.1) is 17.6 Å². The normalized spacial score (nSPS) is 12.1. The Kier molecular flexibility index (Phi) is 4.43. The fourth-order valence-corrected chi connectivity index (χ4v) is 1.67. The highest BCUT2D eigenvalue weighted by Crippen LogP contribution is 2.13. The highest BCUT2D eigenvalue weighted by atomic mass is 19.2. The minimum absolute atomic E-state index is 0.0323. The lowest BCUT2D eigenvalue weighted by molar-refractivity contribution is -0.385. The smallest absolute Gasteiger partial charge is 0.306 e. The Balaban J connectivity index is 1.87. The molecule has 9 heteroatoms. The first-order valence-corrected chi connectivity index (χ1v) is 5.99. The third-order valence-electron chi connectivity index (χ3n) is 2.69. The van der Waals surface area contributed by atoms with Crippen LogP contribution in [-0.4, -0.2) is 32.5 Å². The van der Waals surface area contributed by atoms with Gasteiger partial charge in [0.15, 0.2) is 11.6 Å². The summed E-state index contributed by atoms with van der Waals surface area (Å²) >= 11 is 0. The van der Waals surface area contributed by atoms with Gasteiger partial charge in [-0.25, -0.2) is 8.78 Å². The van der Waals surface area contributed by atoms with Crippen LogP contribution in [0.2, 0.25) is 0 Å². The summed E-state index contributed by atoms with van der Waals surface area (Å²) in [4.78, 5) is 9.89. The monoisotopic (exact) mass is 298 g/mol. The van der Waals surface area contributed by atoms with E-state index in [4.69, 9.17) is 0 Å². The van der Waals surface area contributed by atoms with Gasteiger partial charge in [-0.15, -0.1) is 0 Å². The van der Waals surface area contributed by atoms with Crippen molar-refractivity contribution in [1.82, 2.24) is 9.78 Å². The van der Waals surface area contributed by atoms with E-state index in [-0.39, 0.29) is 18.8 Å². The second kappa shape index (κ2) is 6.27. The molecule has 1 heterocycles. The number of nitrogens with zero attached hydrogens (tertiary/aromatic N) is 3. The van der Waals surface area contributed by atoms with Gasteiger partial charge < -0.3 is 10.4 Å². The van der Waals surface area contributed by atoms with Crippen molar-refractivity contribution in [2.24, 2.45) is 0 Å². The molecular formula is C12H12F2N4O3. The van der Waals surface area contributed by atoms with Gasteiger partial charge in [0.1, 0.15) is 12.4 Å². The van der Waals surface area contributed by atoms with Crippen molar-refractivity contribution in [3.05, 3.63) is 52.3 Å². The number of rotatable bonds is 6. The van der Waals surface area contributed by atoms with Gasteiger partial charge in [-0.3, -0.25) is 14.8 Å². The molecule has 0 aliphatic rings. The number of aliphatic hydroxyl groups excluding tert-OH is 1. The number of aliphatic hydroxyl groups is 1. The number of hydrogen-bond acceptors (Lipinski definition) is 5. The average Bonchev–Trinajstić information content (AvgIpc) is 2.89. The number of halogens is 2. The van der Waals surface area contributed by atoms with E-state index in [0.29, 0.717) is 5.69 Å². The zero-order chi connectivity index (χ0) is 15.4. The minimum Gasteiger partial charge on any atom is -0.389 e. The standard InChI is InChI=1S/C12H12F2N4O3/c13-11-2-1-8(3-12(11)14)15-5-10(19)7-17-6-9(4-16-17)18(20)21/h1-4,6,10,15,19H,5,7H2. The maximum atomic E-state index is 13.0. The van der Waals surface area contributed by atoms with Crippen LogP contribution in [0.15, 0.2) is 30.6 Å². The summed E-state index contributed by atoms with van der Waals surface area (Å²) in [6.45, 7) is 0.0866. The van der Waals surface area contributed by atoms with Crippen molar-refractivity contribution in [2.45, 2.75) is 12.6 Å². The summed E-state index contributed by atoms with van der Waals surface area (Å²) in [6.07, 6.45) is 1.37. The van der Waals surface area contributed by atoms with Gasteiger partial charge in [0, 0.05) is 18.3 Å². The maximum absolute atomic E-state index is 13.0. The molecule has 1 unspecified atom stereocenters. The molecule has 0 radical (unpaired) electrons. The molecule has 0 fully saturated rings. The van der Waals surface area contributed by atoms with Crippen LogP contribution in [0.3, 0.4) is 0 Å². The number of nitrogens with one attached hydrogen (secondary N) is 1. The van der Waals surface area contributed by atoms with E-state index in [1.165, 1.54) is 16.9 Å². The lowest BCUT2D eigenvalue weighted by atomic mass is 10.2. The van der Waals surface area contributed by atoms with Crippen LogP contribution >= 0.6 is 0 Å². The summed E-state index contributed by atoms with van der Waals surface area (Å²) < 4.78 is 26.9. The first kappa shape index (κ1) is 14.9. The van der Waals surface area contributed by atoms with Crippen molar-refractivity contribution >= 4 is 11.4 Å². The van der Waals surface area contributed by atoms with E-state index in [1.54, 1.807) is 0 Å². The van der Waals surface area contributed by atoms with Crippen molar-refractivity contribution < 1.29 is 18.8 Å². The SMILES string of the molecule is O=[N+]([O-])c1cnn(CC(O)CNc2ccc(F)c(F)c2)c1. The number of hydrogen-bond donors (Lipinski definition) is 2. The molecule has 1 aromatic heterocycles. The maximum Gasteiger partial charge on any atom is 0.306 e. The predicted octanol–water partition coefficient (Wildman–Crippen LogP) is 1.54. The molecule has 0 saturated carbocycles. The van der Waals surface area contributed by atoms with E-state index in [1.807, 2.05) is 0 Å². The molecule has 112 valence electrons. The van der Waals surface area contributed by atoms with E-state index in [0.717, 1.165) is 18.3 Å². The molecule has 2 aromatic rings. The van der Waals surface area contributed by atoms with Crippen molar-refractivity contribution in [3.63, 3.8) is 0 Å². The molecule has 21 heavy (non-hydrogen) atoms. The largest absolute Gasteiger partial charge is 0.389 e. The van der Waals surface area contributed by atoms with Gasteiger partial charge in [-0.2, -0.15) is 5.10 Å². The van der Waals surface area contributed by atoms with Crippen molar-refractivity contribution in [3.8, 4) is 0 Å². The van der Waals surface area contributed by atoms with E-state index < -0.39 is 22.7 Å². The quantitative estimate of drug-likeness (QED) is 0.623. The highest BCUT2D eigenvalue weighted by Gasteiger charge is 2.12. The molecule has 0 aliphatic carbocycles. The molecule has 1 aromatic carbocycles. The van der Waals surface area contributed by atoms with Gasteiger partial charge in [0.25, 0.3) is 0 Å². The molecular weight excluding hydrogens is 286 g/mol. The number of anilines is 1. The molecule has 7 nitrogen and oxygen atoms in total. The van der Waals surface area contributed by atoms with Gasteiger partial charge in [0.2, 0.25) is 0 Å². The Morgan fingerprint density at radius 3 is 2.81 bits per heavy atom. The van der Waals surface area contributed by atoms with Gasteiger partial charge in [-0.05, 0) is 12.1 Å². The number of aromatic nitrogens is 2. The van der Waals surface area contributed by atoms with Crippen molar-refractivity contribution in [2.75, 3.05) is 11.9 Å². The Labute approximate surface area is 118 Å². The first-order valence-electron chi connectivity index (χ1n) is 5.99. The summed E-state index contributed by atoms with van der Waals surface area (Å²) in [7, 11) is 0. The summed E-state index contributed by atoms with van der Waals surface area (Å²) in [5.41, 5.74) is 0.148. The van der Waals surface area contributed by atoms with Crippen LogP contribution in [0, 0.1) is 21.7 Å². The Hall–Kier alpha value is -2.55. The third kappa shape index (κ3) is 3.96. The van der Waals surface area contributed by atoms with Crippen LogP contribution in [0.25, 0.3) is 0 Å². The molecule has 0 saturated heterocycles. The Bertz CT molecular complexity index is 647. The molecule has 2 N–H and O–H groups in total. The number of nitro groups is 1.